The minimum Gasteiger partial charge on any atom is -0.480 e. The fourth-order valence-electron chi connectivity index (χ4n) is 4.58. The number of nitrogens with two attached hydrogens (primary N) is 1. The summed E-state index contributed by atoms with van der Waals surface area (Å²) in [6.45, 7) is 4.47. The Hall–Kier alpha value is -1.73. The van der Waals surface area contributed by atoms with Crippen LogP contribution in [-0.2, 0) is 0 Å². The van der Waals surface area contributed by atoms with Crippen LogP contribution in [0.25, 0.3) is 0 Å². The molecule has 1 aliphatic carbocycles. The van der Waals surface area contributed by atoms with E-state index in [9.17, 15) is 0 Å². The minimum absolute atomic E-state index is 0.387. The zero-order valence-corrected chi connectivity index (χ0v) is 17.9. The van der Waals surface area contributed by atoms with Gasteiger partial charge >= 0.3 is 0 Å². The lowest BCUT2D eigenvalue weighted by Crippen LogP contribution is -2.41. The Balaban J connectivity index is 1.47. The number of pyridine rings is 1. The van der Waals surface area contributed by atoms with Crippen molar-refractivity contribution in [1.82, 2.24) is 15.0 Å². The first kappa shape index (κ1) is 19.6. The fraction of sp³-hybridized carbons (Fsp3) is 0.550. The number of anilines is 2. The van der Waals surface area contributed by atoms with Gasteiger partial charge in [0.2, 0.25) is 5.88 Å². The Morgan fingerprint density at radius 1 is 1.29 bits per heavy atom. The smallest absolute Gasteiger partial charge is 0.233 e. The molecule has 2 fully saturated rings. The van der Waals surface area contributed by atoms with Gasteiger partial charge in [0.05, 0.1) is 13.3 Å². The van der Waals surface area contributed by atoms with E-state index in [1.165, 1.54) is 43.9 Å². The highest BCUT2D eigenvalue weighted by Gasteiger charge is 2.42. The second-order valence-electron chi connectivity index (χ2n) is 7.80. The lowest BCUT2D eigenvalue weighted by atomic mass is 9.71. The van der Waals surface area contributed by atoms with Crippen LogP contribution in [0.1, 0.15) is 39.0 Å². The standard InChI is InChI=1S/C20H26ClN5OS/c1-13-4-3-6-20(13)7-10-26(11-8-20)15-12-24-19(17(22)25-15)28-14-5-9-23-18(27-2)16(14)21/h5,9,12-13H,3-4,6-8,10-11H2,1-2H3,(H2,22,25)/t13-/m1/s1. The quantitative estimate of drug-likeness (QED) is 0.771. The average Bonchev–Trinajstić information content (AvgIpc) is 3.05. The maximum absolute atomic E-state index is 6.33. The molecule has 2 aliphatic rings. The van der Waals surface area contributed by atoms with Crippen molar-refractivity contribution < 1.29 is 4.74 Å². The highest BCUT2D eigenvalue weighted by atomic mass is 35.5. The second kappa shape index (κ2) is 7.95. The predicted molar refractivity (Wildman–Crippen MR) is 113 cm³/mol. The largest absolute Gasteiger partial charge is 0.480 e. The summed E-state index contributed by atoms with van der Waals surface area (Å²) >= 11 is 7.70. The Kier molecular flexibility index (Phi) is 5.56. The summed E-state index contributed by atoms with van der Waals surface area (Å²) in [4.78, 5) is 16.4. The molecule has 0 amide bonds. The first-order valence-corrected chi connectivity index (χ1v) is 11.0. The normalized spacial score (nSPS) is 21.2. The van der Waals surface area contributed by atoms with E-state index in [0.29, 0.717) is 27.2 Å². The molecule has 1 saturated heterocycles. The zero-order valence-electron chi connectivity index (χ0n) is 16.3. The van der Waals surface area contributed by atoms with Gasteiger partial charge in [-0.3, -0.25) is 0 Å². The highest BCUT2D eigenvalue weighted by Crippen LogP contribution is 2.50. The first-order valence-electron chi connectivity index (χ1n) is 9.76. The van der Waals surface area contributed by atoms with E-state index in [2.05, 4.69) is 26.8 Å². The molecule has 0 aromatic carbocycles. The van der Waals surface area contributed by atoms with Crippen molar-refractivity contribution in [3.8, 4) is 5.88 Å². The van der Waals surface area contributed by atoms with Crippen LogP contribution in [0.2, 0.25) is 5.02 Å². The van der Waals surface area contributed by atoms with Gasteiger partial charge in [-0.25, -0.2) is 15.0 Å². The van der Waals surface area contributed by atoms with E-state index in [0.717, 1.165) is 29.7 Å². The number of hydrogen-bond donors (Lipinski definition) is 1. The van der Waals surface area contributed by atoms with Crippen LogP contribution in [0.3, 0.4) is 0 Å². The maximum atomic E-state index is 6.33. The Bertz CT molecular complexity index is 856. The van der Waals surface area contributed by atoms with Gasteiger partial charge in [0.15, 0.2) is 5.82 Å². The van der Waals surface area contributed by atoms with Gasteiger partial charge in [-0.15, -0.1) is 0 Å². The SMILES string of the molecule is COc1nccc(Sc2ncc(N3CCC4(CCC[C@H]4C)CC3)nc2N)c1Cl. The van der Waals surface area contributed by atoms with Crippen molar-refractivity contribution in [2.24, 2.45) is 11.3 Å². The van der Waals surface area contributed by atoms with Crippen molar-refractivity contribution in [2.75, 3.05) is 30.8 Å². The summed E-state index contributed by atoms with van der Waals surface area (Å²) in [6, 6.07) is 1.82. The summed E-state index contributed by atoms with van der Waals surface area (Å²) in [5.41, 5.74) is 6.77. The number of methoxy groups -OCH3 is 1. The monoisotopic (exact) mass is 419 g/mol. The molecular weight excluding hydrogens is 394 g/mol. The number of piperidine rings is 1. The first-order chi connectivity index (χ1) is 13.5. The number of halogens is 1. The molecule has 1 spiro atoms. The molecule has 8 heteroatoms. The minimum atomic E-state index is 0.387. The third kappa shape index (κ3) is 3.62. The molecule has 6 nitrogen and oxygen atoms in total. The Labute approximate surface area is 175 Å². The topological polar surface area (TPSA) is 77.2 Å². The molecule has 0 radical (unpaired) electrons. The van der Waals surface area contributed by atoms with Crippen LogP contribution < -0.4 is 15.4 Å². The van der Waals surface area contributed by atoms with E-state index in [1.54, 1.807) is 13.3 Å². The number of ether oxygens (including phenoxy) is 1. The number of aromatic nitrogens is 3. The van der Waals surface area contributed by atoms with Crippen molar-refractivity contribution in [2.45, 2.75) is 48.9 Å². The predicted octanol–water partition coefficient (Wildman–Crippen LogP) is 4.67. The molecule has 0 bridgehead atoms. The third-order valence-corrected chi connectivity index (χ3v) is 7.96. The van der Waals surface area contributed by atoms with Crippen molar-refractivity contribution >= 4 is 35.0 Å². The van der Waals surface area contributed by atoms with E-state index in [-0.39, 0.29) is 0 Å². The van der Waals surface area contributed by atoms with Crippen molar-refractivity contribution in [3.05, 3.63) is 23.5 Å². The number of rotatable bonds is 4. The van der Waals surface area contributed by atoms with Gasteiger partial charge in [0.1, 0.15) is 15.9 Å². The van der Waals surface area contributed by atoms with E-state index in [1.807, 2.05) is 12.3 Å². The molecule has 2 aromatic rings. The summed E-state index contributed by atoms with van der Waals surface area (Å²) < 4.78 is 5.17. The molecule has 1 aliphatic heterocycles. The summed E-state index contributed by atoms with van der Waals surface area (Å²) in [6.07, 6.45) is 10.1. The third-order valence-electron chi connectivity index (χ3n) is 6.41. The van der Waals surface area contributed by atoms with Gasteiger partial charge in [0, 0.05) is 24.2 Å². The van der Waals surface area contributed by atoms with Crippen LogP contribution in [-0.4, -0.2) is 35.2 Å². The summed E-state index contributed by atoms with van der Waals surface area (Å²) in [5.74, 6) is 2.51. The molecule has 28 heavy (non-hydrogen) atoms. The van der Waals surface area contributed by atoms with Crippen LogP contribution in [0, 0.1) is 11.3 Å². The molecule has 0 unspecified atom stereocenters. The molecule has 1 atom stereocenters. The van der Waals surface area contributed by atoms with Gasteiger partial charge in [-0.05, 0) is 36.7 Å². The number of nitrogen functional groups attached to an aromatic ring is 1. The molecular formula is C20H26ClN5OS. The molecule has 3 heterocycles. The van der Waals surface area contributed by atoms with Crippen molar-refractivity contribution in [1.29, 1.82) is 0 Å². The van der Waals surface area contributed by atoms with E-state index >= 15 is 0 Å². The Morgan fingerprint density at radius 2 is 2.07 bits per heavy atom. The van der Waals surface area contributed by atoms with Gasteiger partial charge in [0.25, 0.3) is 0 Å². The van der Waals surface area contributed by atoms with Crippen LogP contribution in [0.15, 0.2) is 28.4 Å². The molecule has 2 N–H and O–H groups in total. The second-order valence-corrected chi connectivity index (χ2v) is 9.20. The number of nitrogens with zero attached hydrogens (tertiary/aromatic N) is 4. The lowest BCUT2D eigenvalue weighted by Gasteiger charge is -2.42. The summed E-state index contributed by atoms with van der Waals surface area (Å²) in [7, 11) is 1.54. The van der Waals surface area contributed by atoms with Gasteiger partial charge < -0.3 is 15.4 Å². The zero-order chi connectivity index (χ0) is 19.7. The van der Waals surface area contributed by atoms with Crippen LogP contribution in [0.4, 0.5) is 11.6 Å². The van der Waals surface area contributed by atoms with E-state index < -0.39 is 0 Å². The van der Waals surface area contributed by atoms with Gasteiger partial charge in [-0.1, -0.05) is 43.1 Å². The van der Waals surface area contributed by atoms with Crippen LogP contribution in [0.5, 0.6) is 5.88 Å². The maximum Gasteiger partial charge on any atom is 0.233 e. The average molecular weight is 420 g/mol. The lowest BCUT2D eigenvalue weighted by molar-refractivity contribution is 0.161. The highest BCUT2D eigenvalue weighted by molar-refractivity contribution is 7.99. The van der Waals surface area contributed by atoms with Gasteiger partial charge in [-0.2, -0.15) is 0 Å². The molecule has 150 valence electrons. The molecule has 1 saturated carbocycles. The fourth-order valence-corrected chi connectivity index (χ4v) is 5.66. The van der Waals surface area contributed by atoms with E-state index in [4.69, 9.17) is 22.1 Å². The Morgan fingerprint density at radius 3 is 2.71 bits per heavy atom. The number of hydrogen-bond acceptors (Lipinski definition) is 7. The summed E-state index contributed by atoms with van der Waals surface area (Å²) in [5, 5.41) is 1.09. The molecule has 4 rings (SSSR count). The van der Waals surface area contributed by atoms with Crippen molar-refractivity contribution in [3.63, 3.8) is 0 Å². The molecule has 2 aromatic heterocycles. The van der Waals surface area contributed by atoms with Crippen LogP contribution >= 0.6 is 23.4 Å².